The summed E-state index contributed by atoms with van der Waals surface area (Å²) in [5, 5.41) is 4.64. The molecule has 0 spiro atoms. The molecule has 1 rings (SSSR count). The van der Waals surface area contributed by atoms with Gasteiger partial charge < -0.3 is 14.8 Å². The molecule has 0 unspecified atom stereocenters. The number of carbonyl (C=O) groups excluding carboxylic acids is 3. The highest BCUT2D eigenvalue weighted by Crippen LogP contribution is 2.11. The monoisotopic (exact) mass is 322 g/mol. The Morgan fingerprint density at radius 1 is 1.13 bits per heavy atom. The van der Waals surface area contributed by atoms with Crippen LogP contribution in [0, 0.1) is 5.92 Å². The molecule has 126 valence electrons. The third kappa shape index (κ3) is 7.30. The molecule has 0 bridgehead atoms. The first-order valence-corrected chi connectivity index (χ1v) is 7.31. The quantitative estimate of drug-likeness (QED) is 0.746. The molecule has 0 radical (unpaired) electrons. The second-order valence-corrected chi connectivity index (χ2v) is 5.29. The summed E-state index contributed by atoms with van der Waals surface area (Å²) >= 11 is 0. The smallest absolute Gasteiger partial charge is 0.338 e. The number of imide groups is 1. The normalized spacial score (nSPS) is 10.1. The van der Waals surface area contributed by atoms with Gasteiger partial charge in [-0.2, -0.15) is 0 Å². The van der Waals surface area contributed by atoms with Crippen molar-refractivity contribution in [2.24, 2.45) is 5.92 Å². The standard InChI is InChI=1S/C16H22N2O5/c1-11(2)8-9-17-16(21)18-14(19)10-23-15(20)12-4-6-13(22-3)7-5-12/h4-7,11H,8-10H2,1-3H3,(H2,17,18,19,21). The molecule has 0 atom stereocenters. The topological polar surface area (TPSA) is 93.7 Å². The minimum Gasteiger partial charge on any atom is -0.497 e. The summed E-state index contributed by atoms with van der Waals surface area (Å²) in [6.45, 7) is 4.01. The third-order valence-corrected chi connectivity index (χ3v) is 2.92. The van der Waals surface area contributed by atoms with Crippen LogP contribution in [0.2, 0.25) is 0 Å². The number of esters is 1. The van der Waals surface area contributed by atoms with Gasteiger partial charge in [-0.3, -0.25) is 10.1 Å². The zero-order valence-corrected chi connectivity index (χ0v) is 13.5. The maximum absolute atomic E-state index is 11.7. The van der Waals surface area contributed by atoms with Crippen LogP contribution < -0.4 is 15.4 Å². The fraction of sp³-hybridized carbons (Fsp3) is 0.438. The number of hydrogen-bond donors (Lipinski definition) is 2. The van der Waals surface area contributed by atoms with Crippen molar-refractivity contribution in [3.05, 3.63) is 29.8 Å². The predicted octanol–water partition coefficient (Wildman–Crippen LogP) is 1.72. The van der Waals surface area contributed by atoms with Crippen molar-refractivity contribution in [2.45, 2.75) is 20.3 Å². The fourth-order valence-corrected chi connectivity index (χ4v) is 1.62. The highest BCUT2D eigenvalue weighted by Gasteiger charge is 2.12. The molecular formula is C16H22N2O5. The Labute approximate surface area is 135 Å². The van der Waals surface area contributed by atoms with E-state index in [1.54, 1.807) is 12.1 Å². The van der Waals surface area contributed by atoms with Crippen LogP contribution in [-0.4, -0.2) is 38.2 Å². The van der Waals surface area contributed by atoms with Gasteiger partial charge in [0, 0.05) is 6.54 Å². The van der Waals surface area contributed by atoms with Crippen molar-refractivity contribution >= 4 is 17.9 Å². The summed E-state index contributed by atoms with van der Waals surface area (Å²) in [5.74, 6) is -0.272. The predicted molar refractivity (Wildman–Crippen MR) is 84.3 cm³/mol. The Morgan fingerprint density at radius 2 is 1.78 bits per heavy atom. The number of methoxy groups -OCH3 is 1. The van der Waals surface area contributed by atoms with Gasteiger partial charge in [0.1, 0.15) is 5.75 Å². The van der Waals surface area contributed by atoms with E-state index in [4.69, 9.17) is 9.47 Å². The van der Waals surface area contributed by atoms with Gasteiger partial charge in [-0.05, 0) is 36.6 Å². The van der Waals surface area contributed by atoms with E-state index in [1.807, 2.05) is 13.8 Å². The van der Waals surface area contributed by atoms with E-state index in [0.717, 1.165) is 6.42 Å². The van der Waals surface area contributed by atoms with E-state index in [1.165, 1.54) is 19.2 Å². The lowest BCUT2D eigenvalue weighted by molar-refractivity contribution is -0.123. The number of benzene rings is 1. The summed E-state index contributed by atoms with van der Waals surface area (Å²) in [5.41, 5.74) is 0.292. The van der Waals surface area contributed by atoms with Gasteiger partial charge in [0.05, 0.1) is 12.7 Å². The molecule has 0 aromatic heterocycles. The van der Waals surface area contributed by atoms with E-state index >= 15 is 0 Å². The summed E-state index contributed by atoms with van der Waals surface area (Å²) in [6, 6.07) is 5.67. The molecule has 0 saturated heterocycles. The maximum atomic E-state index is 11.7. The first-order chi connectivity index (χ1) is 10.9. The second kappa shape index (κ2) is 9.45. The van der Waals surface area contributed by atoms with Gasteiger partial charge in [0.15, 0.2) is 6.61 Å². The van der Waals surface area contributed by atoms with Crippen molar-refractivity contribution in [1.29, 1.82) is 0 Å². The van der Waals surface area contributed by atoms with E-state index in [0.29, 0.717) is 23.8 Å². The Balaban J connectivity index is 2.31. The minimum absolute atomic E-state index is 0.292. The van der Waals surface area contributed by atoms with Crippen molar-refractivity contribution in [2.75, 3.05) is 20.3 Å². The van der Waals surface area contributed by atoms with Crippen LogP contribution in [-0.2, 0) is 9.53 Å². The summed E-state index contributed by atoms with van der Waals surface area (Å²) in [6.07, 6.45) is 0.814. The molecule has 0 saturated carbocycles. The molecule has 0 aliphatic rings. The van der Waals surface area contributed by atoms with Crippen LogP contribution in [0.3, 0.4) is 0 Å². The molecule has 0 aliphatic heterocycles. The number of hydrogen-bond acceptors (Lipinski definition) is 5. The zero-order chi connectivity index (χ0) is 17.2. The van der Waals surface area contributed by atoms with Crippen LogP contribution in [0.4, 0.5) is 4.79 Å². The lowest BCUT2D eigenvalue weighted by atomic mass is 10.1. The van der Waals surface area contributed by atoms with Crippen molar-refractivity contribution < 1.29 is 23.9 Å². The largest absolute Gasteiger partial charge is 0.497 e. The van der Waals surface area contributed by atoms with Crippen LogP contribution >= 0.6 is 0 Å². The number of ether oxygens (including phenoxy) is 2. The number of carbonyl (C=O) groups is 3. The molecule has 3 amide bonds. The lowest BCUT2D eigenvalue weighted by Crippen LogP contribution is -2.41. The highest BCUT2D eigenvalue weighted by atomic mass is 16.5. The number of amides is 3. The van der Waals surface area contributed by atoms with Gasteiger partial charge >= 0.3 is 12.0 Å². The van der Waals surface area contributed by atoms with E-state index in [9.17, 15) is 14.4 Å². The molecule has 0 fully saturated rings. The van der Waals surface area contributed by atoms with Crippen LogP contribution in [0.15, 0.2) is 24.3 Å². The van der Waals surface area contributed by atoms with Gasteiger partial charge in [-0.15, -0.1) is 0 Å². The molecular weight excluding hydrogens is 300 g/mol. The van der Waals surface area contributed by atoms with Gasteiger partial charge in [-0.1, -0.05) is 13.8 Å². The molecule has 1 aromatic carbocycles. The van der Waals surface area contributed by atoms with Gasteiger partial charge in [0.2, 0.25) is 0 Å². The fourth-order valence-electron chi connectivity index (χ4n) is 1.62. The number of nitrogens with one attached hydrogen (secondary N) is 2. The average Bonchev–Trinajstić information content (AvgIpc) is 2.52. The molecule has 0 aliphatic carbocycles. The molecule has 1 aromatic rings. The Hall–Kier alpha value is -2.57. The van der Waals surface area contributed by atoms with E-state index in [-0.39, 0.29) is 0 Å². The van der Waals surface area contributed by atoms with Gasteiger partial charge in [0.25, 0.3) is 5.91 Å². The Bertz CT molecular complexity index is 540. The van der Waals surface area contributed by atoms with Crippen LogP contribution in [0.5, 0.6) is 5.75 Å². The van der Waals surface area contributed by atoms with Crippen molar-refractivity contribution in [3.63, 3.8) is 0 Å². The van der Waals surface area contributed by atoms with E-state index in [2.05, 4.69) is 10.6 Å². The molecule has 0 heterocycles. The van der Waals surface area contributed by atoms with E-state index < -0.39 is 24.5 Å². The van der Waals surface area contributed by atoms with Gasteiger partial charge in [-0.25, -0.2) is 9.59 Å². The average molecular weight is 322 g/mol. The summed E-state index contributed by atoms with van der Waals surface area (Å²) in [4.78, 5) is 34.7. The minimum atomic E-state index is -0.686. The van der Waals surface area contributed by atoms with Crippen molar-refractivity contribution in [3.8, 4) is 5.75 Å². The first-order valence-electron chi connectivity index (χ1n) is 7.31. The summed E-state index contributed by atoms with van der Waals surface area (Å²) in [7, 11) is 1.52. The first kappa shape index (κ1) is 18.5. The lowest BCUT2D eigenvalue weighted by Gasteiger charge is -2.08. The van der Waals surface area contributed by atoms with Crippen molar-refractivity contribution in [1.82, 2.24) is 10.6 Å². The number of urea groups is 1. The molecule has 23 heavy (non-hydrogen) atoms. The SMILES string of the molecule is COc1ccc(C(=O)OCC(=O)NC(=O)NCCC(C)C)cc1. The Kier molecular flexibility index (Phi) is 7.59. The maximum Gasteiger partial charge on any atom is 0.338 e. The Morgan fingerprint density at radius 3 is 2.35 bits per heavy atom. The van der Waals surface area contributed by atoms with Crippen LogP contribution in [0.25, 0.3) is 0 Å². The second-order valence-electron chi connectivity index (χ2n) is 5.29. The molecule has 7 heteroatoms. The molecule has 7 nitrogen and oxygen atoms in total. The molecule has 2 N–H and O–H groups in total. The highest BCUT2D eigenvalue weighted by molar-refractivity contribution is 5.97. The zero-order valence-electron chi connectivity index (χ0n) is 13.5. The summed E-state index contributed by atoms with van der Waals surface area (Å²) < 4.78 is 9.81. The van der Waals surface area contributed by atoms with Crippen LogP contribution in [0.1, 0.15) is 30.6 Å². The third-order valence-electron chi connectivity index (χ3n) is 2.92. The number of rotatable bonds is 7.